The molecule has 3 unspecified atom stereocenters. The lowest BCUT2D eigenvalue weighted by molar-refractivity contribution is -0.122. The van der Waals surface area contributed by atoms with Crippen LogP contribution in [0, 0.1) is 6.92 Å². The van der Waals surface area contributed by atoms with Crippen molar-refractivity contribution < 1.29 is 4.79 Å². The predicted molar refractivity (Wildman–Crippen MR) is 110 cm³/mol. The molecule has 0 heterocycles. The molecule has 4 N–H and O–H groups in total. The summed E-state index contributed by atoms with van der Waals surface area (Å²) in [4.78, 5) is 12.1. The normalized spacial score (nSPS) is 19.5. The molecule has 0 spiro atoms. The number of carbonyl (C=O) groups excluding carboxylic acids is 1. The van der Waals surface area contributed by atoms with Crippen molar-refractivity contribution in [3.05, 3.63) is 71.3 Å². The number of hydrogen-bond donors (Lipinski definition) is 3. The summed E-state index contributed by atoms with van der Waals surface area (Å²) in [5.41, 5.74) is 9.77. The molecule has 3 atom stereocenters. The van der Waals surface area contributed by atoms with Crippen molar-refractivity contribution in [3.8, 4) is 0 Å². The average molecular weight is 366 g/mol. The van der Waals surface area contributed by atoms with Crippen molar-refractivity contribution >= 4 is 5.91 Å². The monoisotopic (exact) mass is 365 g/mol. The van der Waals surface area contributed by atoms with Gasteiger partial charge in [0, 0.05) is 18.5 Å². The maximum absolute atomic E-state index is 12.1. The summed E-state index contributed by atoms with van der Waals surface area (Å²) in [6, 6.07) is 19.0. The van der Waals surface area contributed by atoms with Gasteiger partial charge in [0.25, 0.3) is 0 Å². The van der Waals surface area contributed by atoms with Crippen molar-refractivity contribution in [2.24, 2.45) is 5.73 Å². The Hall–Kier alpha value is -2.17. The Morgan fingerprint density at radius 3 is 2.74 bits per heavy atom. The first-order valence-corrected chi connectivity index (χ1v) is 10.0. The SMILES string of the molecule is Cc1cccc(CNC(=O)C(N)CCCCNC2CC2c2ccccc2)c1. The summed E-state index contributed by atoms with van der Waals surface area (Å²) in [7, 11) is 0. The second-order valence-corrected chi connectivity index (χ2v) is 7.62. The number of benzene rings is 2. The molecule has 0 saturated heterocycles. The second-order valence-electron chi connectivity index (χ2n) is 7.62. The largest absolute Gasteiger partial charge is 0.351 e. The molecule has 4 nitrogen and oxygen atoms in total. The van der Waals surface area contributed by atoms with Crippen LogP contribution in [-0.4, -0.2) is 24.5 Å². The molecule has 0 radical (unpaired) electrons. The Balaban J connectivity index is 1.25. The minimum Gasteiger partial charge on any atom is -0.351 e. The molecule has 3 rings (SSSR count). The summed E-state index contributed by atoms with van der Waals surface area (Å²) < 4.78 is 0. The van der Waals surface area contributed by atoms with Gasteiger partial charge in [-0.2, -0.15) is 0 Å². The van der Waals surface area contributed by atoms with Gasteiger partial charge in [-0.25, -0.2) is 0 Å². The fourth-order valence-corrected chi connectivity index (χ4v) is 3.54. The molecule has 1 aliphatic rings. The van der Waals surface area contributed by atoms with E-state index in [2.05, 4.69) is 60.0 Å². The zero-order valence-corrected chi connectivity index (χ0v) is 16.2. The first kappa shape index (κ1) is 19.6. The van der Waals surface area contributed by atoms with Gasteiger partial charge in [-0.1, -0.05) is 66.6 Å². The van der Waals surface area contributed by atoms with E-state index in [4.69, 9.17) is 5.73 Å². The van der Waals surface area contributed by atoms with E-state index in [0.717, 1.165) is 31.4 Å². The zero-order valence-electron chi connectivity index (χ0n) is 16.2. The quantitative estimate of drug-likeness (QED) is 0.566. The highest BCUT2D eigenvalue weighted by atomic mass is 16.2. The Bertz CT molecular complexity index is 731. The van der Waals surface area contributed by atoms with Gasteiger partial charge in [0.05, 0.1) is 6.04 Å². The third-order valence-corrected chi connectivity index (χ3v) is 5.25. The zero-order chi connectivity index (χ0) is 19.1. The van der Waals surface area contributed by atoms with Gasteiger partial charge in [0.1, 0.15) is 0 Å². The molecule has 0 bridgehead atoms. The lowest BCUT2D eigenvalue weighted by Gasteiger charge is -2.12. The molecule has 1 aliphatic carbocycles. The average Bonchev–Trinajstić information content (AvgIpc) is 3.46. The Labute approximate surface area is 162 Å². The van der Waals surface area contributed by atoms with Gasteiger partial charge in [0.15, 0.2) is 0 Å². The van der Waals surface area contributed by atoms with E-state index >= 15 is 0 Å². The minimum atomic E-state index is -0.423. The Morgan fingerprint density at radius 2 is 1.96 bits per heavy atom. The van der Waals surface area contributed by atoms with Crippen LogP contribution >= 0.6 is 0 Å². The van der Waals surface area contributed by atoms with E-state index in [9.17, 15) is 4.79 Å². The summed E-state index contributed by atoms with van der Waals surface area (Å²) in [5.74, 6) is 0.608. The number of rotatable bonds is 10. The number of unbranched alkanes of at least 4 members (excludes halogenated alkanes) is 1. The number of aryl methyl sites for hydroxylation is 1. The standard InChI is InChI=1S/C23H31N3O/c1-17-8-7-9-18(14-17)16-26-23(27)21(24)12-5-6-13-25-22-15-20(22)19-10-3-2-4-11-19/h2-4,7-11,14,20-22,25H,5-6,12-13,15-16,24H2,1H3,(H,26,27). The maximum atomic E-state index is 12.1. The number of nitrogens with two attached hydrogens (primary N) is 1. The van der Waals surface area contributed by atoms with Gasteiger partial charge >= 0.3 is 0 Å². The number of carbonyl (C=O) groups is 1. The van der Waals surface area contributed by atoms with Gasteiger partial charge in [-0.3, -0.25) is 4.79 Å². The molecule has 1 fully saturated rings. The smallest absolute Gasteiger partial charge is 0.237 e. The summed E-state index contributed by atoms with van der Waals surface area (Å²) >= 11 is 0. The molecular weight excluding hydrogens is 334 g/mol. The fraction of sp³-hybridized carbons (Fsp3) is 0.435. The Kier molecular flexibility index (Phi) is 7.02. The van der Waals surface area contributed by atoms with Crippen molar-refractivity contribution in [2.75, 3.05) is 6.54 Å². The van der Waals surface area contributed by atoms with Crippen LogP contribution < -0.4 is 16.4 Å². The highest BCUT2D eigenvalue weighted by Gasteiger charge is 2.37. The van der Waals surface area contributed by atoms with Crippen LogP contribution in [0.2, 0.25) is 0 Å². The number of nitrogens with one attached hydrogen (secondary N) is 2. The van der Waals surface area contributed by atoms with Crippen molar-refractivity contribution in [1.29, 1.82) is 0 Å². The van der Waals surface area contributed by atoms with Crippen LogP contribution in [0.15, 0.2) is 54.6 Å². The van der Waals surface area contributed by atoms with E-state index in [1.807, 2.05) is 12.1 Å². The third kappa shape index (κ3) is 6.19. The number of hydrogen-bond acceptors (Lipinski definition) is 3. The topological polar surface area (TPSA) is 67.2 Å². The fourth-order valence-electron chi connectivity index (χ4n) is 3.54. The Morgan fingerprint density at radius 1 is 1.15 bits per heavy atom. The van der Waals surface area contributed by atoms with E-state index in [1.165, 1.54) is 17.5 Å². The molecule has 1 saturated carbocycles. The van der Waals surface area contributed by atoms with E-state index < -0.39 is 6.04 Å². The minimum absolute atomic E-state index is 0.0594. The van der Waals surface area contributed by atoms with Gasteiger partial charge in [-0.05, 0) is 43.9 Å². The molecular formula is C23H31N3O. The highest BCUT2D eigenvalue weighted by molar-refractivity contribution is 5.81. The van der Waals surface area contributed by atoms with Crippen LogP contribution in [0.4, 0.5) is 0 Å². The molecule has 0 aliphatic heterocycles. The lowest BCUT2D eigenvalue weighted by atomic mass is 10.1. The van der Waals surface area contributed by atoms with Gasteiger partial charge in [-0.15, -0.1) is 0 Å². The van der Waals surface area contributed by atoms with E-state index in [0.29, 0.717) is 18.5 Å². The summed E-state index contributed by atoms with van der Waals surface area (Å²) in [5, 5.41) is 6.56. The van der Waals surface area contributed by atoms with Crippen molar-refractivity contribution in [3.63, 3.8) is 0 Å². The molecule has 0 aromatic heterocycles. The van der Waals surface area contributed by atoms with Crippen molar-refractivity contribution in [1.82, 2.24) is 10.6 Å². The molecule has 2 aromatic carbocycles. The predicted octanol–water partition coefficient (Wildman–Crippen LogP) is 3.25. The summed E-state index contributed by atoms with van der Waals surface area (Å²) in [6.45, 7) is 3.58. The summed E-state index contributed by atoms with van der Waals surface area (Å²) in [6.07, 6.45) is 3.98. The third-order valence-electron chi connectivity index (χ3n) is 5.25. The van der Waals surface area contributed by atoms with Crippen LogP contribution in [-0.2, 0) is 11.3 Å². The van der Waals surface area contributed by atoms with Gasteiger partial charge in [0.2, 0.25) is 5.91 Å². The molecule has 144 valence electrons. The van der Waals surface area contributed by atoms with Crippen molar-refractivity contribution in [2.45, 2.75) is 57.2 Å². The molecule has 27 heavy (non-hydrogen) atoms. The van der Waals surface area contributed by atoms with Crippen LogP contribution in [0.3, 0.4) is 0 Å². The first-order chi connectivity index (χ1) is 13.1. The highest BCUT2D eigenvalue weighted by Crippen LogP contribution is 2.40. The van der Waals surface area contributed by atoms with Gasteiger partial charge < -0.3 is 16.4 Å². The molecule has 4 heteroatoms. The first-order valence-electron chi connectivity index (χ1n) is 10.0. The van der Waals surface area contributed by atoms with Crippen LogP contribution in [0.25, 0.3) is 0 Å². The van der Waals surface area contributed by atoms with E-state index in [1.54, 1.807) is 0 Å². The second kappa shape index (κ2) is 9.67. The van der Waals surface area contributed by atoms with Crippen LogP contribution in [0.1, 0.15) is 48.3 Å². The number of amides is 1. The maximum Gasteiger partial charge on any atom is 0.237 e. The molecule has 2 aromatic rings. The van der Waals surface area contributed by atoms with E-state index in [-0.39, 0.29) is 5.91 Å². The molecule has 1 amide bonds. The lowest BCUT2D eigenvalue weighted by Crippen LogP contribution is -2.40. The van der Waals surface area contributed by atoms with Crippen LogP contribution in [0.5, 0.6) is 0 Å².